The van der Waals surface area contributed by atoms with Crippen molar-refractivity contribution in [1.29, 1.82) is 0 Å². The van der Waals surface area contributed by atoms with E-state index in [1.165, 1.54) is 11.3 Å². The quantitative estimate of drug-likeness (QED) is 0.891. The molecule has 1 N–H and O–H groups in total. The van der Waals surface area contributed by atoms with Gasteiger partial charge in [-0.3, -0.25) is 4.79 Å². The summed E-state index contributed by atoms with van der Waals surface area (Å²) in [5, 5.41) is 6.50. The number of carbonyl (C=O) groups is 1. The third-order valence-corrected chi connectivity index (χ3v) is 5.00. The van der Waals surface area contributed by atoms with E-state index in [0.717, 1.165) is 10.4 Å². The monoisotopic (exact) mass is 374 g/mol. The van der Waals surface area contributed by atoms with Crippen LogP contribution in [0.3, 0.4) is 0 Å². The van der Waals surface area contributed by atoms with Gasteiger partial charge in [-0.15, -0.1) is 11.3 Å². The SMILES string of the molecule is CC(C)NCC(=O)N1CCc2sc(-c3noc(C(F)(F)F)n3)cc2C1. The molecule has 1 amide bonds. The molecule has 25 heavy (non-hydrogen) atoms. The van der Waals surface area contributed by atoms with Crippen LogP contribution in [0, 0.1) is 0 Å². The summed E-state index contributed by atoms with van der Waals surface area (Å²) in [6, 6.07) is 1.96. The molecule has 136 valence electrons. The van der Waals surface area contributed by atoms with Crippen LogP contribution >= 0.6 is 11.3 Å². The van der Waals surface area contributed by atoms with Gasteiger partial charge in [0.1, 0.15) is 0 Å². The van der Waals surface area contributed by atoms with E-state index in [-0.39, 0.29) is 24.3 Å². The zero-order valence-electron chi connectivity index (χ0n) is 13.7. The van der Waals surface area contributed by atoms with Gasteiger partial charge in [-0.05, 0) is 18.1 Å². The van der Waals surface area contributed by atoms with E-state index in [1.807, 2.05) is 13.8 Å². The fraction of sp³-hybridized carbons (Fsp3) is 0.533. The molecule has 0 radical (unpaired) electrons. The Labute approximate surface area is 146 Å². The summed E-state index contributed by atoms with van der Waals surface area (Å²) < 4.78 is 42.0. The molecule has 0 saturated carbocycles. The van der Waals surface area contributed by atoms with Gasteiger partial charge in [-0.1, -0.05) is 19.0 Å². The second kappa shape index (κ2) is 6.75. The van der Waals surface area contributed by atoms with Gasteiger partial charge in [0.15, 0.2) is 0 Å². The number of thiophene rings is 1. The standard InChI is InChI=1S/C15H17F3N4O2S/c1-8(2)19-6-12(23)22-4-3-10-9(7-22)5-11(25-10)13-20-14(24-21-13)15(16,17)18/h5,8,19H,3-4,6-7H2,1-2H3. The summed E-state index contributed by atoms with van der Waals surface area (Å²) in [5.74, 6) is -1.43. The van der Waals surface area contributed by atoms with Crippen LogP contribution in [-0.4, -0.2) is 40.1 Å². The van der Waals surface area contributed by atoms with Crippen LogP contribution in [0.15, 0.2) is 10.6 Å². The van der Waals surface area contributed by atoms with Gasteiger partial charge in [-0.2, -0.15) is 18.2 Å². The zero-order valence-corrected chi connectivity index (χ0v) is 14.5. The minimum Gasteiger partial charge on any atom is -0.337 e. The Bertz CT molecular complexity index is 769. The molecule has 3 heterocycles. The van der Waals surface area contributed by atoms with Gasteiger partial charge >= 0.3 is 12.1 Å². The second-order valence-corrected chi connectivity index (χ2v) is 7.22. The Balaban J connectivity index is 1.73. The number of nitrogens with one attached hydrogen (secondary N) is 1. The predicted octanol–water partition coefficient (Wildman–Crippen LogP) is 2.70. The van der Waals surface area contributed by atoms with Crippen molar-refractivity contribution >= 4 is 17.2 Å². The number of carbonyl (C=O) groups excluding carboxylic acids is 1. The number of amides is 1. The molecule has 0 bridgehead atoms. The van der Waals surface area contributed by atoms with E-state index >= 15 is 0 Å². The molecule has 0 atom stereocenters. The highest BCUT2D eigenvalue weighted by atomic mass is 32.1. The highest BCUT2D eigenvalue weighted by Crippen LogP contribution is 2.35. The number of rotatable bonds is 4. The molecule has 0 spiro atoms. The summed E-state index contributed by atoms with van der Waals surface area (Å²) in [4.78, 5) is 18.9. The number of hydrogen-bond acceptors (Lipinski definition) is 6. The van der Waals surface area contributed by atoms with Crippen molar-refractivity contribution in [3.8, 4) is 10.7 Å². The first kappa shape index (κ1) is 17.9. The lowest BCUT2D eigenvalue weighted by atomic mass is 10.1. The van der Waals surface area contributed by atoms with Crippen LogP contribution < -0.4 is 5.32 Å². The van der Waals surface area contributed by atoms with E-state index in [2.05, 4.69) is 20.0 Å². The molecule has 0 aliphatic carbocycles. The number of aromatic nitrogens is 2. The molecule has 0 fully saturated rings. The lowest BCUT2D eigenvalue weighted by Crippen LogP contribution is -2.42. The molecular formula is C15H17F3N4O2S. The summed E-state index contributed by atoms with van der Waals surface area (Å²) in [7, 11) is 0. The highest BCUT2D eigenvalue weighted by Gasteiger charge is 2.38. The van der Waals surface area contributed by atoms with E-state index in [1.54, 1.807) is 11.0 Å². The first-order valence-corrected chi connectivity index (χ1v) is 8.59. The lowest BCUT2D eigenvalue weighted by Gasteiger charge is -2.27. The lowest BCUT2D eigenvalue weighted by molar-refractivity contribution is -0.159. The first-order chi connectivity index (χ1) is 11.7. The van der Waals surface area contributed by atoms with E-state index in [4.69, 9.17) is 0 Å². The molecule has 3 rings (SSSR count). The topological polar surface area (TPSA) is 71.3 Å². The molecule has 0 aromatic carbocycles. The van der Waals surface area contributed by atoms with Crippen LogP contribution in [0.1, 0.15) is 30.2 Å². The number of alkyl halides is 3. The van der Waals surface area contributed by atoms with Crippen molar-refractivity contribution in [3.05, 3.63) is 22.4 Å². The fourth-order valence-electron chi connectivity index (χ4n) is 2.50. The number of nitrogens with zero attached hydrogens (tertiary/aromatic N) is 3. The van der Waals surface area contributed by atoms with Crippen LogP contribution in [-0.2, 0) is 23.9 Å². The van der Waals surface area contributed by atoms with Crippen LogP contribution in [0.5, 0.6) is 0 Å². The normalized spacial score (nSPS) is 14.9. The van der Waals surface area contributed by atoms with Crippen LogP contribution in [0.4, 0.5) is 13.2 Å². The Morgan fingerprint density at radius 1 is 1.48 bits per heavy atom. The van der Waals surface area contributed by atoms with Crippen LogP contribution in [0.2, 0.25) is 0 Å². The maximum Gasteiger partial charge on any atom is 0.471 e. The average molecular weight is 374 g/mol. The van der Waals surface area contributed by atoms with Crippen molar-refractivity contribution in [2.75, 3.05) is 13.1 Å². The van der Waals surface area contributed by atoms with Gasteiger partial charge in [0.25, 0.3) is 0 Å². The molecule has 10 heteroatoms. The fourth-order valence-corrected chi connectivity index (χ4v) is 3.59. The van der Waals surface area contributed by atoms with E-state index in [9.17, 15) is 18.0 Å². The van der Waals surface area contributed by atoms with Crippen molar-refractivity contribution in [1.82, 2.24) is 20.4 Å². The van der Waals surface area contributed by atoms with Crippen molar-refractivity contribution in [2.24, 2.45) is 0 Å². The molecule has 2 aromatic heterocycles. The molecule has 1 aliphatic rings. The van der Waals surface area contributed by atoms with E-state index < -0.39 is 12.1 Å². The number of fused-ring (bicyclic) bond motifs is 1. The van der Waals surface area contributed by atoms with Gasteiger partial charge in [0, 0.05) is 24.0 Å². The average Bonchev–Trinajstić information content (AvgIpc) is 3.17. The smallest absolute Gasteiger partial charge is 0.337 e. The Morgan fingerprint density at radius 2 is 2.24 bits per heavy atom. The number of hydrogen-bond donors (Lipinski definition) is 1. The Hall–Kier alpha value is -1.94. The van der Waals surface area contributed by atoms with Crippen LogP contribution in [0.25, 0.3) is 10.7 Å². The first-order valence-electron chi connectivity index (χ1n) is 7.78. The van der Waals surface area contributed by atoms with Crippen molar-refractivity contribution < 1.29 is 22.5 Å². The van der Waals surface area contributed by atoms with Gasteiger partial charge < -0.3 is 14.7 Å². The maximum absolute atomic E-state index is 12.6. The Kier molecular flexibility index (Phi) is 4.83. The largest absolute Gasteiger partial charge is 0.471 e. The molecule has 0 unspecified atom stereocenters. The highest BCUT2D eigenvalue weighted by molar-refractivity contribution is 7.15. The van der Waals surface area contributed by atoms with Crippen molar-refractivity contribution in [3.63, 3.8) is 0 Å². The third-order valence-electron chi connectivity index (χ3n) is 3.77. The molecule has 0 saturated heterocycles. The molecular weight excluding hydrogens is 357 g/mol. The minimum absolute atomic E-state index is 0.00557. The molecule has 1 aliphatic heterocycles. The van der Waals surface area contributed by atoms with Gasteiger partial charge in [0.05, 0.1) is 11.4 Å². The van der Waals surface area contributed by atoms with Crippen molar-refractivity contribution in [2.45, 2.75) is 39.0 Å². The van der Waals surface area contributed by atoms with E-state index in [0.29, 0.717) is 24.4 Å². The zero-order chi connectivity index (χ0) is 18.2. The summed E-state index contributed by atoms with van der Waals surface area (Å²) in [6.45, 7) is 5.23. The number of halogens is 3. The van der Waals surface area contributed by atoms with Gasteiger partial charge in [0.2, 0.25) is 11.7 Å². The van der Waals surface area contributed by atoms with Gasteiger partial charge in [-0.25, -0.2) is 0 Å². The maximum atomic E-state index is 12.6. The Morgan fingerprint density at radius 3 is 2.88 bits per heavy atom. The third kappa shape index (κ3) is 4.01. The summed E-state index contributed by atoms with van der Waals surface area (Å²) in [6.07, 6.45) is -3.99. The predicted molar refractivity (Wildman–Crippen MR) is 84.9 cm³/mol. The molecule has 2 aromatic rings. The minimum atomic E-state index is -4.66. The molecule has 6 nitrogen and oxygen atoms in total. The second-order valence-electron chi connectivity index (χ2n) is 6.08. The summed E-state index contributed by atoms with van der Waals surface area (Å²) >= 11 is 1.34. The summed E-state index contributed by atoms with van der Waals surface area (Å²) in [5.41, 5.74) is 0.919.